The molecule has 0 aromatic heterocycles. The van der Waals surface area contributed by atoms with E-state index in [1.54, 1.807) is 7.11 Å². The van der Waals surface area contributed by atoms with Crippen LogP contribution in [-0.2, 0) is 10.2 Å². The molecule has 1 aliphatic rings. The summed E-state index contributed by atoms with van der Waals surface area (Å²) in [5.41, 5.74) is 3.79. The molecule has 3 nitrogen and oxygen atoms in total. The average molecular weight is 263 g/mol. The Labute approximate surface area is 116 Å². The van der Waals surface area contributed by atoms with Crippen molar-refractivity contribution < 1.29 is 9.47 Å². The first-order valence-corrected chi connectivity index (χ1v) is 6.90. The maximum absolute atomic E-state index is 5.92. The minimum Gasteiger partial charge on any atom is -0.496 e. The topological polar surface area (TPSA) is 30.5 Å². The predicted molar refractivity (Wildman–Crippen MR) is 77.7 cm³/mol. The van der Waals surface area contributed by atoms with Crippen LogP contribution >= 0.6 is 0 Å². The number of methoxy groups -OCH3 is 1. The van der Waals surface area contributed by atoms with Crippen LogP contribution in [0.15, 0.2) is 12.1 Å². The normalized spacial score (nSPS) is 23.7. The molecule has 0 saturated carbocycles. The summed E-state index contributed by atoms with van der Waals surface area (Å²) in [5.74, 6) is 0.966. The van der Waals surface area contributed by atoms with Crippen molar-refractivity contribution in [2.24, 2.45) is 0 Å². The van der Waals surface area contributed by atoms with Crippen molar-refractivity contribution in [1.29, 1.82) is 0 Å². The van der Waals surface area contributed by atoms with E-state index in [0.29, 0.717) is 0 Å². The smallest absolute Gasteiger partial charge is 0.122 e. The molecular weight excluding hydrogens is 238 g/mol. The van der Waals surface area contributed by atoms with Gasteiger partial charge in [-0.05, 0) is 48.1 Å². The molecule has 0 spiro atoms. The van der Waals surface area contributed by atoms with Crippen LogP contribution in [0.25, 0.3) is 0 Å². The van der Waals surface area contributed by atoms with E-state index >= 15 is 0 Å². The molecule has 3 heteroatoms. The van der Waals surface area contributed by atoms with E-state index < -0.39 is 0 Å². The summed E-state index contributed by atoms with van der Waals surface area (Å²) in [4.78, 5) is 0. The molecule has 1 aromatic carbocycles. The summed E-state index contributed by atoms with van der Waals surface area (Å²) in [6.07, 6.45) is 0.270. The second kappa shape index (κ2) is 5.14. The molecule has 2 atom stereocenters. The lowest BCUT2D eigenvalue weighted by Gasteiger charge is -2.25. The van der Waals surface area contributed by atoms with Crippen LogP contribution < -0.4 is 10.1 Å². The number of nitrogens with one attached hydrogen (secondary N) is 1. The monoisotopic (exact) mass is 263 g/mol. The predicted octanol–water partition coefficient (Wildman–Crippen LogP) is 3.31. The Balaban J connectivity index is 2.45. The van der Waals surface area contributed by atoms with Gasteiger partial charge in [0.05, 0.1) is 13.2 Å². The van der Waals surface area contributed by atoms with Crippen LogP contribution in [0.5, 0.6) is 5.75 Å². The standard InChI is InChI=1S/C16H25NO2/c1-10-7-14(18-6)13(16(3,4)5)8-12(10)15-9-17-11(2)19-15/h7-8,11,15,17H,9H2,1-6H3. The zero-order chi connectivity index (χ0) is 14.2. The zero-order valence-electron chi connectivity index (χ0n) is 12.8. The highest BCUT2D eigenvalue weighted by molar-refractivity contribution is 5.46. The molecule has 1 fully saturated rings. The van der Waals surface area contributed by atoms with Crippen LogP contribution in [0.3, 0.4) is 0 Å². The SMILES string of the molecule is COc1cc(C)c(C2CNC(C)O2)cc1C(C)(C)C. The minimum atomic E-state index is 0.0610. The third-order valence-electron chi connectivity index (χ3n) is 3.70. The summed E-state index contributed by atoms with van der Waals surface area (Å²) in [5, 5.41) is 3.33. The Hall–Kier alpha value is -1.06. The summed E-state index contributed by atoms with van der Waals surface area (Å²) in [6, 6.07) is 4.38. The van der Waals surface area contributed by atoms with E-state index in [9.17, 15) is 0 Å². The maximum Gasteiger partial charge on any atom is 0.122 e. The molecule has 1 saturated heterocycles. The van der Waals surface area contributed by atoms with Gasteiger partial charge >= 0.3 is 0 Å². The van der Waals surface area contributed by atoms with Crippen molar-refractivity contribution in [3.05, 3.63) is 28.8 Å². The molecule has 1 aromatic rings. The first kappa shape index (κ1) is 14.4. The molecule has 1 N–H and O–H groups in total. The number of aryl methyl sites for hydroxylation is 1. The summed E-state index contributed by atoms with van der Waals surface area (Å²) in [7, 11) is 1.74. The molecule has 0 radical (unpaired) electrons. The Morgan fingerprint density at radius 3 is 2.47 bits per heavy atom. The van der Waals surface area contributed by atoms with Gasteiger partial charge in [0, 0.05) is 6.54 Å². The second-order valence-electron chi connectivity index (χ2n) is 6.33. The van der Waals surface area contributed by atoms with E-state index in [-0.39, 0.29) is 17.7 Å². The van der Waals surface area contributed by atoms with E-state index in [2.05, 4.69) is 45.1 Å². The highest BCUT2D eigenvalue weighted by atomic mass is 16.5. The second-order valence-corrected chi connectivity index (χ2v) is 6.33. The molecule has 0 amide bonds. The molecule has 106 valence electrons. The zero-order valence-corrected chi connectivity index (χ0v) is 12.8. The van der Waals surface area contributed by atoms with Crippen LogP contribution in [0.4, 0.5) is 0 Å². The van der Waals surface area contributed by atoms with E-state index in [1.807, 2.05) is 6.92 Å². The van der Waals surface area contributed by atoms with Gasteiger partial charge < -0.3 is 9.47 Å². The molecule has 0 aliphatic carbocycles. The Morgan fingerprint density at radius 1 is 1.32 bits per heavy atom. The van der Waals surface area contributed by atoms with Gasteiger partial charge in [-0.1, -0.05) is 20.8 Å². The van der Waals surface area contributed by atoms with Crippen LogP contribution in [-0.4, -0.2) is 19.9 Å². The first-order valence-electron chi connectivity index (χ1n) is 6.90. The number of hydrogen-bond donors (Lipinski definition) is 1. The third kappa shape index (κ3) is 2.93. The molecule has 2 unspecified atom stereocenters. The van der Waals surface area contributed by atoms with E-state index in [1.165, 1.54) is 16.7 Å². The molecule has 1 aliphatic heterocycles. The number of ether oxygens (including phenoxy) is 2. The molecule has 0 bridgehead atoms. The lowest BCUT2D eigenvalue weighted by atomic mass is 9.83. The van der Waals surface area contributed by atoms with Gasteiger partial charge in [-0.2, -0.15) is 0 Å². The van der Waals surface area contributed by atoms with E-state index in [4.69, 9.17) is 9.47 Å². The third-order valence-corrected chi connectivity index (χ3v) is 3.70. The van der Waals surface area contributed by atoms with Crippen molar-refractivity contribution >= 4 is 0 Å². The van der Waals surface area contributed by atoms with Gasteiger partial charge in [0.1, 0.15) is 12.0 Å². The highest BCUT2D eigenvalue weighted by Gasteiger charge is 2.27. The van der Waals surface area contributed by atoms with Gasteiger partial charge in [0.25, 0.3) is 0 Å². The number of benzene rings is 1. The van der Waals surface area contributed by atoms with Gasteiger partial charge in [-0.15, -0.1) is 0 Å². The van der Waals surface area contributed by atoms with Gasteiger partial charge in [0.15, 0.2) is 0 Å². The number of hydrogen-bond acceptors (Lipinski definition) is 3. The maximum atomic E-state index is 5.92. The van der Waals surface area contributed by atoms with E-state index in [0.717, 1.165) is 12.3 Å². The van der Waals surface area contributed by atoms with Gasteiger partial charge in [-0.3, -0.25) is 5.32 Å². The lowest BCUT2D eigenvalue weighted by Crippen LogP contribution is -2.17. The van der Waals surface area contributed by atoms with Crippen molar-refractivity contribution in [2.75, 3.05) is 13.7 Å². The Bertz CT molecular complexity index is 463. The summed E-state index contributed by atoms with van der Waals surface area (Å²) >= 11 is 0. The fourth-order valence-electron chi connectivity index (χ4n) is 2.60. The van der Waals surface area contributed by atoms with Crippen molar-refractivity contribution in [3.63, 3.8) is 0 Å². The van der Waals surface area contributed by atoms with Gasteiger partial charge in [0.2, 0.25) is 0 Å². The first-order chi connectivity index (χ1) is 8.82. The van der Waals surface area contributed by atoms with Gasteiger partial charge in [-0.25, -0.2) is 0 Å². The molecular formula is C16H25NO2. The van der Waals surface area contributed by atoms with Crippen LogP contribution in [0.1, 0.15) is 50.5 Å². The largest absolute Gasteiger partial charge is 0.496 e. The Kier molecular flexibility index (Phi) is 3.88. The van der Waals surface area contributed by atoms with Crippen molar-refractivity contribution in [2.45, 2.75) is 52.4 Å². The summed E-state index contributed by atoms with van der Waals surface area (Å²) < 4.78 is 11.5. The molecule has 1 heterocycles. The lowest BCUT2D eigenvalue weighted by molar-refractivity contribution is 0.0525. The highest BCUT2D eigenvalue weighted by Crippen LogP contribution is 2.37. The quantitative estimate of drug-likeness (QED) is 0.888. The number of rotatable bonds is 2. The fraction of sp³-hybridized carbons (Fsp3) is 0.625. The van der Waals surface area contributed by atoms with Crippen molar-refractivity contribution in [1.82, 2.24) is 5.32 Å². The molecule has 19 heavy (non-hydrogen) atoms. The van der Waals surface area contributed by atoms with Crippen LogP contribution in [0.2, 0.25) is 0 Å². The van der Waals surface area contributed by atoms with Crippen molar-refractivity contribution in [3.8, 4) is 5.75 Å². The summed E-state index contributed by atoms with van der Waals surface area (Å²) in [6.45, 7) is 11.7. The minimum absolute atomic E-state index is 0.0610. The average Bonchev–Trinajstić information content (AvgIpc) is 2.73. The van der Waals surface area contributed by atoms with Crippen LogP contribution in [0, 0.1) is 6.92 Å². The Morgan fingerprint density at radius 2 is 2.00 bits per heavy atom. The fourth-order valence-corrected chi connectivity index (χ4v) is 2.60. The molecule has 2 rings (SSSR count).